The summed E-state index contributed by atoms with van der Waals surface area (Å²) < 4.78 is 0. The Morgan fingerprint density at radius 2 is 1.81 bits per heavy atom. The summed E-state index contributed by atoms with van der Waals surface area (Å²) in [5, 5.41) is 32.6. The van der Waals surface area contributed by atoms with Crippen LogP contribution in [0.25, 0.3) is 0 Å². The maximum atomic E-state index is 13.0. The van der Waals surface area contributed by atoms with E-state index in [1.54, 1.807) is 6.92 Å². The van der Waals surface area contributed by atoms with Crippen molar-refractivity contribution in [2.45, 2.75) is 85.0 Å². The lowest BCUT2D eigenvalue weighted by atomic mass is 9.79. The summed E-state index contributed by atoms with van der Waals surface area (Å²) in [6, 6.07) is 0. The first-order chi connectivity index (χ1) is 12.0. The van der Waals surface area contributed by atoms with Gasteiger partial charge >= 0.3 is 0 Å². The van der Waals surface area contributed by atoms with Gasteiger partial charge in [-0.25, -0.2) is 0 Å². The lowest BCUT2D eigenvalue weighted by molar-refractivity contribution is -0.157. The molecule has 0 aromatic carbocycles. The summed E-state index contributed by atoms with van der Waals surface area (Å²) in [4.78, 5) is 25.7. The van der Waals surface area contributed by atoms with Gasteiger partial charge < -0.3 is 15.3 Å². The minimum absolute atomic E-state index is 0.245. The number of aliphatic hydroxyl groups excluding tert-OH is 2. The van der Waals surface area contributed by atoms with Crippen molar-refractivity contribution in [2.24, 2.45) is 23.7 Å². The molecule has 5 nitrogen and oxygen atoms in total. The fourth-order valence-electron chi connectivity index (χ4n) is 3.69. The smallest absolute Gasteiger partial charge is 0.180 e. The van der Waals surface area contributed by atoms with Gasteiger partial charge in [-0.2, -0.15) is 0 Å². The van der Waals surface area contributed by atoms with Crippen molar-refractivity contribution in [2.75, 3.05) is 0 Å². The molecule has 6 atom stereocenters. The molecule has 0 bridgehead atoms. The number of rotatable bonds is 9. The van der Waals surface area contributed by atoms with Crippen molar-refractivity contribution < 1.29 is 24.9 Å². The molecule has 0 aromatic rings. The summed E-state index contributed by atoms with van der Waals surface area (Å²) in [5.74, 6) is -3.29. The Hall–Kier alpha value is -1.04. The SMILES string of the molecule is CCC(C)C(=O)C1C(=O)C(O)(C(O)CCC(C)C)C(CC=C(C)C)C1O. The van der Waals surface area contributed by atoms with Crippen LogP contribution in [0, 0.1) is 23.7 Å². The van der Waals surface area contributed by atoms with E-state index in [-0.39, 0.29) is 24.5 Å². The second kappa shape index (κ2) is 9.25. The Morgan fingerprint density at radius 3 is 2.27 bits per heavy atom. The standard InChI is InChI=1S/C21H36O5/c1-7-14(6)18(23)17-19(24)15(10-8-12(2)3)21(26,20(17)25)16(22)11-9-13(4)5/h8,13-17,19,22,24,26H,7,9-11H2,1-6H3. The maximum Gasteiger partial charge on any atom is 0.180 e. The second-order valence-electron chi connectivity index (χ2n) is 8.48. The van der Waals surface area contributed by atoms with E-state index < -0.39 is 35.4 Å². The fraction of sp³-hybridized carbons (Fsp3) is 0.810. The van der Waals surface area contributed by atoms with Crippen LogP contribution in [0.5, 0.6) is 0 Å². The largest absolute Gasteiger partial charge is 0.391 e. The fourth-order valence-corrected chi connectivity index (χ4v) is 3.69. The van der Waals surface area contributed by atoms with Gasteiger partial charge in [0.15, 0.2) is 11.4 Å². The van der Waals surface area contributed by atoms with Gasteiger partial charge in [0.2, 0.25) is 0 Å². The molecule has 0 spiro atoms. The Morgan fingerprint density at radius 1 is 1.23 bits per heavy atom. The Labute approximate surface area is 157 Å². The monoisotopic (exact) mass is 368 g/mol. The summed E-state index contributed by atoms with van der Waals surface area (Å²) in [7, 11) is 0. The van der Waals surface area contributed by atoms with Gasteiger partial charge in [0.05, 0.1) is 12.2 Å². The molecule has 0 saturated heterocycles. The molecule has 6 unspecified atom stereocenters. The van der Waals surface area contributed by atoms with Crippen LogP contribution >= 0.6 is 0 Å². The molecule has 1 saturated carbocycles. The average molecular weight is 369 g/mol. The third-order valence-corrected chi connectivity index (χ3v) is 5.71. The molecule has 1 aliphatic carbocycles. The number of hydrogen-bond donors (Lipinski definition) is 3. The topological polar surface area (TPSA) is 94.8 Å². The van der Waals surface area contributed by atoms with Crippen LogP contribution in [0.4, 0.5) is 0 Å². The first kappa shape index (κ1) is 23.0. The highest BCUT2D eigenvalue weighted by Gasteiger charge is 2.63. The highest BCUT2D eigenvalue weighted by molar-refractivity contribution is 6.09. The molecule has 0 aliphatic heterocycles. The lowest BCUT2D eigenvalue weighted by Crippen LogP contribution is -2.53. The minimum atomic E-state index is -2.09. The van der Waals surface area contributed by atoms with Crippen LogP contribution in [-0.2, 0) is 9.59 Å². The summed E-state index contributed by atoms with van der Waals surface area (Å²) >= 11 is 0. The molecular formula is C21H36O5. The number of carbonyl (C=O) groups excluding carboxylic acids is 2. The molecule has 26 heavy (non-hydrogen) atoms. The van der Waals surface area contributed by atoms with Crippen molar-refractivity contribution >= 4 is 11.6 Å². The van der Waals surface area contributed by atoms with E-state index >= 15 is 0 Å². The molecule has 1 aliphatic rings. The number of allylic oxidation sites excluding steroid dienone is 2. The normalized spacial score (nSPS) is 31.2. The molecule has 1 fully saturated rings. The zero-order valence-corrected chi connectivity index (χ0v) is 17.0. The van der Waals surface area contributed by atoms with Gasteiger partial charge in [-0.15, -0.1) is 0 Å². The molecule has 150 valence electrons. The van der Waals surface area contributed by atoms with Crippen molar-refractivity contribution in [3.63, 3.8) is 0 Å². The third-order valence-electron chi connectivity index (χ3n) is 5.71. The lowest BCUT2D eigenvalue weighted by Gasteiger charge is -2.34. The zero-order valence-electron chi connectivity index (χ0n) is 17.0. The van der Waals surface area contributed by atoms with Crippen LogP contribution in [0.1, 0.15) is 67.2 Å². The van der Waals surface area contributed by atoms with E-state index in [1.807, 2.05) is 40.7 Å². The van der Waals surface area contributed by atoms with E-state index in [9.17, 15) is 24.9 Å². The zero-order chi connectivity index (χ0) is 20.2. The van der Waals surface area contributed by atoms with Gasteiger partial charge in [-0.05, 0) is 45.4 Å². The number of carbonyl (C=O) groups is 2. The summed E-state index contributed by atoms with van der Waals surface area (Å²) in [6.07, 6.45) is 0.957. The molecule has 1 rings (SSSR count). The summed E-state index contributed by atoms with van der Waals surface area (Å²) in [5.41, 5.74) is -1.10. The van der Waals surface area contributed by atoms with E-state index in [0.29, 0.717) is 18.8 Å². The number of aliphatic hydroxyl groups is 3. The van der Waals surface area contributed by atoms with E-state index in [0.717, 1.165) is 5.57 Å². The van der Waals surface area contributed by atoms with Crippen LogP contribution in [-0.4, -0.2) is 44.7 Å². The van der Waals surface area contributed by atoms with Crippen LogP contribution < -0.4 is 0 Å². The van der Waals surface area contributed by atoms with Crippen LogP contribution in [0.3, 0.4) is 0 Å². The van der Waals surface area contributed by atoms with Gasteiger partial charge in [0, 0.05) is 11.8 Å². The van der Waals surface area contributed by atoms with Gasteiger partial charge in [0.1, 0.15) is 11.7 Å². The average Bonchev–Trinajstić information content (AvgIpc) is 2.76. The molecule has 0 heterocycles. The van der Waals surface area contributed by atoms with E-state index in [4.69, 9.17) is 0 Å². The van der Waals surface area contributed by atoms with Gasteiger partial charge in [-0.1, -0.05) is 39.3 Å². The molecular weight excluding hydrogens is 332 g/mol. The highest BCUT2D eigenvalue weighted by atomic mass is 16.4. The predicted molar refractivity (Wildman–Crippen MR) is 102 cm³/mol. The third kappa shape index (κ3) is 4.62. The Balaban J connectivity index is 3.25. The van der Waals surface area contributed by atoms with Gasteiger partial charge in [-0.3, -0.25) is 9.59 Å². The number of hydrogen-bond acceptors (Lipinski definition) is 5. The van der Waals surface area contributed by atoms with Crippen molar-refractivity contribution in [3.8, 4) is 0 Å². The van der Waals surface area contributed by atoms with Crippen LogP contribution in [0.2, 0.25) is 0 Å². The van der Waals surface area contributed by atoms with Crippen molar-refractivity contribution in [1.82, 2.24) is 0 Å². The van der Waals surface area contributed by atoms with Crippen molar-refractivity contribution in [3.05, 3.63) is 11.6 Å². The number of ketones is 2. The van der Waals surface area contributed by atoms with Crippen LogP contribution in [0.15, 0.2) is 11.6 Å². The second-order valence-corrected chi connectivity index (χ2v) is 8.48. The Bertz CT molecular complexity index is 535. The molecule has 0 aromatic heterocycles. The summed E-state index contributed by atoms with van der Waals surface area (Å²) in [6.45, 7) is 11.3. The van der Waals surface area contributed by atoms with Crippen molar-refractivity contribution in [1.29, 1.82) is 0 Å². The molecule has 0 radical (unpaired) electrons. The first-order valence-electron chi connectivity index (χ1n) is 9.78. The highest BCUT2D eigenvalue weighted by Crippen LogP contribution is 2.44. The molecule has 0 amide bonds. The quantitative estimate of drug-likeness (QED) is 0.430. The molecule has 5 heteroatoms. The van der Waals surface area contributed by atoms with Gasteiger partial charge in [0.25, 0.3) is 0 Å². The predicted octanol–water partition coefficient (Wildman–Crippen LogP) is 2.66. The first-order valence-corrected chi connectivity index (χ1v) is 9.78. The minimum Gasteiger partial charge on any atom is -0.391 e. The molecule has 3 N–H and O–H groups in total. The number of Topliss-reactive ketones (excluding diaryl/α,β-unsaturated/α-hetero) is 2. The maximum absolute atomic E-state index is 13.0. The van der Waals surface area contributed by atoms with E-state index in [1.165, 1.54) is 0 Å². The Kier molecular flexibility index (Phi) is 8.18. The van der Waals surface area contributed by atoms with E-state index in [2.05, 4.69) is 0 Å².